The summed E-state index contributed by atoms with van der Waals surface area (Å²) in [6, 6.07) is 9.88. The van der Waals surface area contributed by atoms with Crippen molar-refractivity contribution in [3.05, 3.63) is 47.8 Å². The number of hydrogen-bond donors (Lipinski definition) is 0. The van der Waals surface area contributed by atoms with Gasteiger partial charge in [0.05, 0.1) is 0 Å². The van der Waals surface area contributed by atoms with Crippen molar-refractivity contribution < 1.29 is 0 Å². The van der Waals surface area contributed by atoms with Crippen molar-refractivity contribution in [2.75, 3.05) is 19.6 Å². The number of rotatable bonds is 4. The summed E-state index contributed by atoms with van der Waals surface area (Å²) in [5.74, 6) is 0.816. The fourth-order valence-corrected chi connectivity index (χ4v) is 4.17. The summed E-state index contributed by atoms with van der Waals surface area (Å²) in [5.41, 5.74) is 3.54. The second-order valence-corrected chi connectivity index (χ2v) is 7.71. The van der Waals surface area contributed by atoms with E-state index >= 15 is 0 Å². The van der Waals surface area contributed by atoms with Gasteiger partial charge >= 0.3 is 0 Å². The molecule has 0 amide bonds. The highest BCUT2D eigenvalue weighted by molar-refractivity contribution is 5.55. The summed E-state index contributed by atoms with van der Waals surface area (Å²) < 4.78 is 0. The van der Waals surface area contributed by atoms with Crippen LogP contribution >= 0.6 is 0 Å². The molecule has 4 nitrogen and oxygen atoms in total. The Bertz CT molecular complexity index is 706. The summed E-state index contributed by atoms with van der Waals surface area (Å²) >= 11 is 0. The van der Waals surface area contributed by atoms with Gasteiger partial charge in [-0.05, 0) is 39.3 Å². The van der Waals surface area contributed by atoms with Gasteiger partial charge in [-0.15, -0.1) is 0 Å². The molecule has 0 spiro atoms. The lowest BCUT2D eigenvalue weighted by Crippen LogP contribution is -2.61. The summed E-state index contributed by atoms with van der Waals surface area (Å²) in [7, 11) is 0. The molecule has 1 atom stereocenters. The van der Waals surface area contributed by atoms with Gasteiger partial charge in [0.25, 0.3) is 0 Å². The largest absolute Gasteiger partial charge is 0.296 e. The van der Waals surface area contributed by atoms with E-state index in [0.29, 0.717) is 0 Å². The Hall–Kier alpha value is -1.78. The quantitative estimate of drug-likeness (QED) is 0.855. The van der Waals surface area contributed by atoms with Gasteiger partial charge in [0.2, 0.25) is 0 Å². The maximum atomic E-state index is 4.57. The number of hydrogen-bond acceptors (Lipinski definition) is 4. The van der Waals surface area contributed by atoms with Crippen LogP contribution in [-0.4, -0.2) is 51.5 Å². The topological polar surface area (TPSA) is 32.3 Å². The lowest BCUT2D eigenvalue weighted by molar-refractivity contribution is -0.00628. The van der Waals surface area contributed by atoms with E-state index in [0.717, 1.165) is 30.0 Å². The monoisotopic (exact) mass is 336 g/mol. The Kier molecular flexibility index (Phi) is 4.82. The Morgan fingerprint density at radius 3 is 2.64 bits per heavy atom. The fraction of sp³-hybridized carbons (Fsp3) is 0.524. The Morgan fingerprint density at radius 1 is 1.12 bits per heavy atom. The lowest BCUT2D eigenvalue weighted by atomic mass is 9.97. The first-order chi connectivity index (χ1) is 12.2. The lowest BCUT2D eigenvalue weighted by Gasteiger charge is -2.49. The molecule has 2 aromatic rings. The van der Waals surface area contributed by atoms with Crippen LogP contribution < -0.4 is 0 Å². The zero-order valence-electron chi connectivity index (χ0n) is 15.4. The van der Waals surface area contributed by atoms with Crippen molar-refractivity contribution in [3.63, 3.8) is 0 Å². The molecule has 3 heterocycles. The molecule has 0 radical (unpaired) electrons. The third-order valence-electron chi connectivity index (χ3n) is 5.65. The first kappa shape index (κ1) is 16.7. The third-order valence-corrected chi connectivity index (χ3v) is 5.65. The average Bonchev–Trinajstić information content (AvgIpc) is 2.59. The number of likely N-dealkylation sites (tertiary alicyclic amines) is 2. The molecular weight excluding hydrogens is 308 g/mol. The summed E-state index contributed by atoms with van der Waals surface area (Å²) in [6.07, 6.45) is 8.11. The van der Waals surface area contributed by atoms with Crippen LogP contribution in [0.4, 0.5) is 0 Å². The van der Waals surface area contributed by atoms with E-state index in [9.17, 15) is 0 Å². The molecule has 4 heteroatoms. The van der Waals surface area contributed by atoms with E-state index in [1.54, 1.807) is 0 Å². The Balaban J connectivity index is 1.32. The SMILES string of the molecule is Cc1cccc(-c2ncc(CN3CC(N4CCCC[C@@H]4C)C3)cn2)c1. The van der Waals surface area contributed by atoms with Crippen molar-refractivity contribution in [1.82, 2.24) is 19.8 Å². The summed E-state index contributed by atoms with van der Waals surface area (Å²) in [6.45, 7) is 9.11. The second-order valence-electron chi connectivity index (χ2n) is 7.71. The minimum atomic E-state index is 0.753. The van der Waals surface area contributed by atoms with Crippen molar-refractivity contribution in [2.45, 2.75) is 51.7 Å². The highest BCUT2D eigenvalue weighted by Crippen LogP contribution is 2.25. The molecule has 1 aromatic carbocycles. The predicted octanol–water partition coefficient (Wildman–Crippen LogP) is 3.51. The Morgan fingerprint density at radius 2 is 1.92 bits per heavy atom. The van der Waals surface area contributed by atoms with Crippen LogP contribution in [0.5, 0.6) is 0 Å². The number of aromatic nitrogens is 2. The predicted molar refractivity (Wildman–Crippen MR) is 101 cm³/mol. The van der Waals surface area contributed by atoms with Crippen molar-refractivity contribution >= 4 is 0 Å². The van der Waals surface area contributed by atoms with E-state index in [-0.39, 0.29) is 0 Å². The van der Waals surface area contributed by atoms with Crippen LogP contribution in [-0.2, 0) is 6.54 Å². The third kappa shape index (κ3) is 3.75. The smallest absolute Gasteiger partial charge is 0.159 e. The number of benzene rings is 1. The van der Waals surface area contributed by atoms with Gasteiger partial charge in [-0.1, -0.05) is 30.2 Å². The molecule has 2 aliphatic heterocycles. The van der Waals surface area contributed by atoms with Gasteiger partial charge in [0.15, 0.2) is 5.82 Å². The number of aryl methyl sites for hydroxylation is 1. The van der Waals surface area contributed by atoms with Gasteiger partial charge < -0.3 is 0 Å². The van der Waals surface area contributed by atoms with Crippen LogP contribution in [0.2, 0.25) is 0 Å². The first-order valence-electron chi connectivity index (χ1n) is 9.55. The fourth-order valence-electron chi connectivity index (χ4n) is 4.17. The second kappa shape index (κ2) is 7.22. The molecule has 2 saturated heterocycles. The van der Waals surface area contributed by atoms with Gasteiger partial charge in [0, 0.05) is 55.2 Å². The maximum absolute atomic E-state index is 4.57. The first-order valence-corrected chi connectivity index (χ1v) is 9.55. The van der Waals surface area contributed by atoms with Crippen LogP contribution in [0.15, 0.2) is 36.7 Å². The van der Waals surface area contributed by atoms with E-state index in [2.05, 4.69) is 57.9 Å². The molecule has 0 unspecified atom stereocenters. The molecule has 1 aromatic heterocycles. The molecule has 0 N–H and O–H groups in total. The van der Waals surface area contributed by atoms with Crippen LogP contribution in [0.25, 0.3) is 11.4 Å². The van der Waals surface area contributed by atoms with E-state index < -0.39 is 0 Å². The highest BCUT2D eigenvalue weighted by atomic mass is 15.3. The molecule has 0 bridgehead atoms. The maximum Gasteiger partial charge on any atom is 0.159 e. The molecule has 25 heavy (non-hydrogen) atoms. The van der Waals surface area contributed by atoms with E-state index in [1.165, 1.54) is 50.0 Å². The minimum Gasteiger partial charge on any atom is -0.296 e. The molecule has 0 aliphatic carbocycles. The zero-order valence-corrected chi connectivity index (χ0v) is 15.4. The van der Waals surface area contributed by atoms with Gasteiger partial charge in [0.1, 0.15) is 0 Å². The number of piperidine rings is 1. The van der Waals surface area contributed by atoms with Gasteiger partial charge in [-0.2, -0.15) is 0 Å². The number of nitrogens with zero attached hydrogens (tertiary/aromatic N) is 4. The Labute approximate surface area is 150 Å². The average molecular weight is 336 g/mol. The normalized spacial score (nSPS) is 22.7. The molecule has 132 valence electrons. The minimum absolute atomic E-state index is 0.753. The van der Waals surface area contributed by atoms with Crippen LogP contribution in [0.1, 0.15) is 37.3 Å². The molecule has 4 rings (SSSR count). The van der Waals surface area contributed by atoms with Crippen LogP contribution in [0, 0.1) is 6.92 Å². The summed E-state index contributed by atoms with van der Waals surface area (Å²) in [4.78, 5) is 14.4. The highest BCUT2D eigenvalue weighted by Gasteiger charge is 2.34. The van der Waals surface area contributed by atoms with E-state index in [1.807, 2.05) is 12.4 Å². The summed E-state index contributed by atoms with van der Waals surface area (Å²) in [5, 5.41) is 0. The van der Waals surface area contributed by atoms with Crippen molar-refractivity contribution in [3.8, 4) is 11.4 Å². The van der Waals surface area contributed by atoms with Crippen molar-refractivity contribution in [1.29, 1.82) is 0 Å². The standard InChI is InChI=1S/C21H28N4/c1-16-6-5-8-19(10-16)21-22-11-18(12-23-21)13-24-14-20(15-24)25-9-4-3-7-17(25)2/h5-6,8,10-12,17,20H,3-4,7,9,13-15H2,1-2H3/t17-/m0/s1. The molecule has 2 fully saturated rings. The zero-order chi connectivity index (χ0) is 17.2. The van der Waals surface area contributed by atoms with Crippen molar-refractivity contribution in [2.24, 2.45) is 0 Å². The van der Waals surface area contributed by atoms with Gasteiger partial charge in [-0.25, -0.2) is 9.97 Å². The van der Waals surface area contributed by atoms with E-state index in [4.69, 9.17) is 0 Å². The van der Waals surface area contributed by atoms with Crippen LogP contribution in [0.3, 0.4) is 0 Å². The molecular formula is C21H28N4. The van der Waals surface area contributed by atoms with Gasteiger partial charge in [-0.3, -0.25) is 9.80 Å². The molecule has 0 saturated carbocycles. The molecule has 2 aliphatic rings.